The summed E-state index contributed by atoms with van der Waals surface area (Å²) in [7, 11) is -1.85. The highest BCUT2D eigenvalue weighted by atomic mass is 32.2. The lowest BCUT2D eigenvalue weighted by Gasteiger charge is -2.23. The van der Waals surface area contributed by atoms with Gasteiger partial charge >= 0.3 is 0 Å². The molecule has 0 atom stereocenters. The summed E-state index contributed by atoms with van der Waals surface area (Å²) in [5, 5.41) is 0.0709. The van der Waals surface area contributed by atoms with Crippen molar-refractivity contribution >= 4 is 10.0 Å². The normalized spacial score (nSPS) is 20.2. The molecule has 0 spiro atoms. The Bertz CT molecular complexity index is 836. The predicted molar refractivity (Wildman–Crippen MR) is 83.8 cm³/mol. The molecule has 0 unspecified atom stereocenters. The lowest BCUT2D eigenvalue weighted by Crippen LogP contribution is -2.36. The molecular weight excluding hydrogens is 332 g/mol. The summed E-state index contributed by atoms with van der Waals surface area (Å²) in [4.78, 5) is 8.56. The molecule has 9 heteroatoms. The molecule has 4 rings (SSSR count). The summed E-state index contributed by atoms with van der Waals surface area (Å²) >= 11 is 0. The van der Waals surface area contributed by atoms with Gasteiger partial charge in [0.1, 0.15) is 5.76 Å². The predicted octanol–water partition coefficient (Wildman–Crippen LogP) is 1.05. The lowest BCUT2D eigenvalue weighted by atomic mass is 10.0. The van der Waals surface area contributed by atoms with Crippen LogP contribution in [0.25, 0.3) is 0 Å². The van der Waals surface area contributed by atoms with Crippen molar-refractivity contribution in [3.8, 4) is 0 Å². The number of hydrogen-bond acceptors (Lipinski definition) is 6. The van der Waals surface area contributed by atoms with E-state index in [-0.39, 0.29) is 17.5 Å². The van der Waals surface area contributed by atoms with E-state index in [1.807, 2.05) is 0 Å². The van der Waals surface area contributed by atoms with Crippen molar-refractivity contribution in [3.05, 3.63) is 29.9 Å². The standard InChI is InChI=1S/C15H20N4O4S/c1-18-9-14(16-10-18)24(20,21)19-5-2-13-12(8-19)17-15(23-13)11-3-6-22-7-4-11/h9-11H,2-8H2,1H3. The van der Waals surface area contributed by atoms with E-state index in [0.717, 1.165) is 43.4 Å². The third-order valence-corrected chi connectivity index (χ3v) is 6.30. The molecule has 2 aliphatic heterocycles. The van der Waals surface area contributed by atoms with E-state index in [1.54, 1.807) is 11.6 Å². The number of ether oxygens (including phenoxy) is 1. The number of sulfonamides is 1. The summed E-state index contributed by atoms with van der Waals surface area (Å²) in [6.45, 7) is 2.06. The van der Waals surface area contributed by atoms with Crippen LogP contribution in [0.2, 0.25) is 0 Å². The van der Waals surface area contributed by atoms with E-state index in [9.17, 15) is 8.42 Å². The van der Waals surface area contributed by atoms with Gasteiger partial charge < -0.3 is 13.7 Å². The molecule has 0 bridgehead atoms. The molecule has 0 N–H and O–H groups in total. The number of nitrogens with zero attached hydrogens (tertiary/aromatic N) is 4. The first-order valence-electron chi connectivity index (χ1n) is 8.08. The molecule has 2 aromatic heterocycles. The number of aryl methyl sites for hydroxylation is 1. The van der Waals surface area contributed by atoms with Crippen molar-refractivity contribution in [2.75, 3.05) is 19.8 Å². The number of aromatic nitrogens is 3. The van der Waals surface area contributed by atoms with Crippen LogP contribution in [0.3, 0.4) is 0 Å². The molecular formula is C15H20N4O4S. The van der Waals surface area contributed by atoms with E-state index in [4.69, 9.17) is 9.15 Å². The van der Waals surface area contributed by atoms with E-state index < -0.39 is 10.0 Å². The molecule has 0 radical (unpaired) electrons. The zero-order valence-electron chi connectivity index (χ0n) is 13.5. The number of rotatable bonds is 3. The maximum atomic E-state index is 12.7. The second kappa shape index (κ2) is 5.98. The van der Waals surface area contributed by atoms with Crippen molar-refractivity contribution in [1.82, 2.24) is 18.8 Å². The highest BCUT2D eigenvalue weighted by Crippen LogP contribution is 2.31. The van der Waals surface area contributed by atoms with Gasteiger partial charge in [0.05, 0.1) is 18.6 Å². The Morgan fingerprint density at radius 1 is 1.29 bits per heavy atom. The molecule has 8 nitrogen and oxygen atoms in total. The van der Waals surface area contributed by atoms with Crippen LogP contribution in [0.1, 0.15) is 36.1 Å². The highest BCUT2D eigenvalue weighted by molar-refractivity contribution is 7.89. The van der Waals surface area contributed by atoms with Gasteiger partial charge in [0, 0.05) is 45.3 Å². The average molecular weight is 352 g/mol. The molecule has 0 saturated carbocycles. The first-order valence-corrected chi connectivity index (χ1v) is 9.52. The van der Waals surface area contributed by atoms with Crippen LogP contribution in [-0.2, 0) is 34.8 Å². The molecule has 1 saturated heterocycles. The summed E-state index contributed by atoms with van der Waals surface area (Å²) < 4.78 is 39.7. The fourth-order valence-corrected chi connectivity index (χ4v) is 4.54. The summed E-state index contributed by atoms with van der Waals surface area (Å²) in [6.07, 6.45) is 5.34. The molecule has 2 aliphatic rings. The number of imidazole rings is 1. The third-order valence-electron chi connectivity index (χ3n) is 4.57. The Kier molecular flexibility index (Phi) is 3.93. The van der Waals surface area contributed by atoms with Gasteiger partial charge in [-0.15, -0.1) is 0 Å². The van der Waals surface area contributed by atoms with Gasteiger partial charge in [0.15, 0.2) is 10.9 Å². The van der Waals surface area contributed by atoms with Crippen LogP contribution >= 0.6 is 0 Å². The van der Waals surface area contributed by atoms with Gasteiger partial charge in [-0.2, -0.15) is 4.31 Å². The minimum Gasteiger partial charge on any atom is -0.445 e. The zero-order chi connectivity index (χ0) is 16.7. The van der Waals surface area contributed by atoms with Crippen molar-refractivity contribution in [1.29, 1.82) is 0 Å². The maximum Gasteiger partial charge on any atom is 0.262 e. The van der Waals surface area contributed by atoms with Crippen LogP contribution in [0.5, 0.6) is 0 Å². The van der Waals surface area contributed by atoms with E-state index in [0.29, 0.717) is 13.0 Å². The van der Waals surface area contributed by atoms with Gasteiger partial charge in [-0.3, -0.25) is 0 Å². The second-order valence-corrected chi connectivity index (χ2v) is 8.16. The van der Waals surface area contributed by atoms with Crippen molar-refractivity contribution < 1.29 is 17.6 Å². The molecule has 4 heterocycles. The van der Waals surface area contributed by atoms with Crippen LogP contribution < -0.4 is 0 Å². The first-order chi connectivity index (χ1) is 11.5. The van der Waals surface area contributed by atoms with Gasteiger partial charge in [-0.05, 0) is 12.8 Å². The van der Waals surface area contributed by atoms with Gasteiger partial charge in [0.25, 0.3) is 10.0 Å². The summed E-state index contributed by atoms with van der Waals surface area (Å²) in [6, 6.07) is 0. The van der Waals surface area contributed by atoms with Crippen molar-refractivity contribution in [2.45, 2.75) is 36.8 Å². The zero-order valence-corrected chi connectivity index (χ0v) is 14.3. The van der Waals surface area contributed by atoms with E-state index >= 15 is 0 Å². The van der Waals surface area contributed by atoms with E-state index in [1.165, 1.54) is 16.8 Å². The highest BCUT2D eigenvalue weighted by Gasteiger charge is 2.33. The van der Waals surface area contributed by atoms with Crippen LogP contribution in [0.4, 0.5) is 0 Å². The third kappa shape index (κ3) is 2.76. The summed E-state index contributed by atoms with van der Waals surface area (Å²) in [5.74, 6) is 1.80. The monoisotopic (exact) mass is 352 g/mol. The molecule has 2 aromatic rings. The maximum absolute atomic E-state index is 12.7. The smallest absolute Gasteiger partial charge is 0.262 e. The molecule has 0 aliphatic carbocycles. The van der Waals surface area contributed by atoms with Gasteiger partial charge in [-0.25, -0.2) is 18.4 Å². The number of fused-ring (bicyclic) bond motifs is 1. The minimum atomic E-state index is -3.60. The Morgan fingerprint density at radius 3 is 2.79 bits per heavy atom. The Balaban J connectivity index is 1.56. The molecule has 24 heavy (non-hydrogen) atoms. The first kappa shape index (κ1) is 15.8. The van der Waals surface area contributed by atoms with Crippen molar-refractivity contribution in [3.63, 3.8) is 0 Å². The van der Waals surface area contributed by atoms with Crippen LogP contribution in [-0.4, -0.2) is 47.0 Å². The fraction of sp³-hybridized carbons (Fsp3) is 0.600. The minimum absolute atomic E-state index is 0.0709. The fourth-order valence-electron chi connectivity index (χ4n) is 3.17. The Morgan fingerprint density at radius 2 is 2.08 bits per heavy atom. The molecule has 0 amide bonds. The van der Waals surface area contributed by atoms with Gasteiger partial charge in [-0.1, -0.05) is 0 Å². The lowest BCUT2D eigenvalue weighted by molar-refractivity contribution is 0.0791. The Labute approximate surface area is 140 Å². The van der Waals surface area contributed by atoms with Crippen LogP contribution in [0, 0.1) is 0 Å². The molecule has 130 valence electrons. The quantitative estimate of drug-likeness (QED) is 0.820. The average Bonchev–Trinajstić information content (AvgIpc) is 3.21. The Hall–Kier alpha value is -1.71. The number of oxazole rings is 1. The molecule has 1 fully saturated rings. The largest absolute Gasteiger partial charge is 0.445 e. The second-order valence-electron chi connectivity index (χ2n) is 6.27. The van der Waals surface area contributed by atoms with Crippen LogP contribution in [0.15, 0.2) is 22.0 Å². The summed E-state index contributed by atoms with van der Waals surface area (Å²) in [5.41, 5.74) is 0.724. The topological polar surface area (TPSA) is 90.5 Å². The number of hydrogen-bond donors (Lipinski definition) is 0. The van der Waals surface area contributed by atoms with Crippen molar-refractivity contribution in [2.24, 2.45) is 7.05 Å². The SMILES string of the molecule is Cn1cnc(S(=O)(=O)N2CCc3oc(C4CCOCC4)nc3C2)c1. The van der Waals surface area contributed by atoms with E-state index in [2.05, 4.69) is 9.97 Å². The van der Waals surface area contributed by atoms with Gasteiger partial charge in [0.2, 0.25) is 0 Å². The molecule has 0 aromatic carbocycles.